The molecule has 1 atom stereocenters. The van der Waals surface area contributed by atoms with Gasteiger partial charge in [-0.25, -0.2) is 4.39 Å². The monoisotopic (exact) mass is 549 g/mol. The van der Waals surface area contributed by atoms with E-state index < -0.39 is 0 Å². The first-order chi connectivity index (χ1) is 14.4. The number of morpholine rings is 1. The summed E-state index contributed by atoms with van der Waals surface area (Å²) in [6, 6.07) is 8.05. The molecule has 8 heteroatoms. The van der Waals surface area contributed by atoms with Gasteiger partial charge in [-0.2, -0.15) is 0 Å². The van der Waals surface area contributed by atoms with Crippen LogP contribution < -0.4 is 10.6 Å². The smallest absolute Gasteiger partial charge is 0.191 e. The number of ether oxygens (including phenoxy) is 1. The molecule has 1 fully saturated rings. The van der Waals surface area contributed by atoms with Crippen LogP contribution in [0.1, 0.15) is 45.7 Å². The van der Waals surface area contributed by atoms with Crippen molar-refractivity contribution in [1.29, 1.82) is 0 Å². The number of rotatable bonds is 10. The van der Waals surface area contributed by atoms with Crippen LogP contribution in [-0.2, 0) is 4.74 Å². The van der Waals surface area contributed by atoms with Crippen LogP contribution in [-0.4, -0.2) is 80.8 Å². The van der Waals surface area contributed by atoms with Gasteiger partial charge in [0, 0.05) is 51.9 Å². The lowest BCUT2D eigenvalue weighted by molar-refractivity contribution is 0.0169. The summed E-state index contributed by atoms with van der Waals surface area (Å²) in [6.07, 6.45) is 1.05. The predicted molar refractivity (Wildman–Crippen MR) is 138 cm³/mol. The standard InChI is InChI=1S/C23H40FN5O.HI/c1-18(2)29(19(3)4)11-7-10-26-23(25-5)27-17-22(28-12-14-30-15-13-28)20-8-6-9-21(24)16-20;/h6,8-9,16,18-19,22H,7,10-15,17H2,1-5H3,(H2,25,26,27);1H. The van der Waals surface area contributed by atoms with E-state index in [4.69, 9.17) is 4.74 Å². The van der Waals surface area contributed by atoms with Crippen molar-refractivity contribution in [3.8, 4) is 0 Å². The summed E-state index contributed by atoms with van der Waals surface area (Å²) in [7, 11) is 1.79. The number of hydrogen-bond donors (Lipinski definition) is 2. The Balaban J connectivity index is 0.00000480. The molecule has 0 aliphatic carbocycles. The van der Waals surface area contributed by atoms with E-state index >= 15 is 0 Å². The van der Waals surface area contributed by atoms with Crippen LogP contribution in [0.3, 0.4) is 0 Å². The van der Waals surface area contributed by atoms with Crippen LogP contribution in [0.15, 0.2) is 29.3 Å². The molecule has 0 radical (unpaired) electrons. The first-order valence-electron chi connectivity index (χ1n) is 11.2. The van der Waals surface area contributed by atoms with Crippen LogP contribution in [0.2, 0.25) is 0 Å². The van der Waals surface area contributed by atoms with Crippen molar-refractivity contribution in [3.05, 3.63) is 35.6 Å². The second-order valence-electron chi connectivity index (χ2n) is 8.38. The average molecular weight is 550 g/mol. The molecule has 1 aliphatic rings. The lowest BCUT2D eigenvalue weighted by Crippen LogP contribution is -2.46. The second-order valence-corrected chi connectivity index (χ2v) is 8.38. The van der Waals surface area contributed by atoms with Crippen molar-refractivity contribution in [3.63, 3.8) is 0 Å². The minimum atomic E-state index is -0.201. The first kappa shape index (κ1) is 28.1. The molecular weight excluding hydrogens is 508 g/mol. The SMILES string of the molecule is CN=C(NCCCN(C(C)C)C(C)C)NCC(c1cccc(F)c1)N1CCOCC1.I. The highest BCUT2D eigenvalue weighted by atomic mass is 127. The maximum Gasteiger partial charge on any atom is 0.191 e. The Bertz CT molecular complexity index is 645. The first-order valence-corrected chi connectivity index (χ1v) is 11.2. The topological polar surface area (TPSA) is 52.1 Å². The van der Waals surface area contributed by atoms with Crippen molar-refractivity contribution in [2.75, 3.05) is 53.0 Å². The lowest BCUT2D eigenvalue weighted by Gasteiger charge is -2.35. The average Bonchev–Trinajstić information content (AvgIpc) is 2.72. The van der Waals surface area contributed by atoms with Gasteiger partial charge in [0.1, 0.15) is 5.82 Å². The molecule has 1 aliphatic heterocycles. The van der Waals surface area contributed by atoms with Crippen molar-refractivity contribution >= 4 is 29.9 Å². The largest absolute Gasteiger partial charge is 0.379 e. The zero-order valence-corrected chi connectivity index (χ0v) is 22.1. The predicted octanol–water partition coefficient (Wildman–Crippen LogP) is 3.49. The number of aliphatic imine (C=N–C) groups is 1. The molecule has 0 saturated carbocycles. The molecule has 0 spiro atoms. The highest BCUT2D eigenvalue weighted by Crippen LogP contribution is 2.22. The van der Waals surface area contributed by atoms with E-state index in [1.807, 2.05) is 6.07 Å². The Morgan fingerprint density at radius 2 is 1.84 bits per heavy atom. The highest BCUT2D eigenvalue weighted by Gasteiger charge is 2.23. The zero-order chi connectivity index (χ0) is 21.9. The number of halogens is 2. The summed E-state index contributed by atoms with van der Waals surface area (Å²) in [5, 5.41) is 6.86. The van der Waals surface area contributed by atoms with Gasteiger partial charge in [-0.15, -0.1) is 24.0 Å². The molecule has 6 nitrogen and oxygen atoms in total. The van der Waals surface area contributed by atoms with Crippen LogP contribution in [0, 0.1) is 5.82 Å². The van der Waals surface area contributed by atoms with Gasteiger partial charge in [-0.3, -0.25) is 14.8 Å². The second kappa shape index (κ2) is 15.0. The molecule has 1 aromatic rings. The molecule has 0 amide bonds. The summed E-state index contributed by atoms with van der Waals surface area (Å²) in [5.74, 6) is 0.582. The van der Waals surface area contributed by atoms with E-state index in [1.54, 1.807) is 19.2 Å². The van der Waals surface area contributed by atoms with Gasteiger partial charge >= 0.3 is 0 Å². The Hall–Kier alpha value is -0.970. The third-order valence-electron chi connectivity index (χ3n) is 5.62. The summed E-state index contributed by atoms with van der Waals surface area (Å²) < 4.78 is 19.3. The van der Waals surface area contributed by atoms with Crippen LogP contribution in [0.5, 0.6) is 0 Å². The van der Waals surface area contributed by atoms with E-state index in [9.17, 15) is 4.39 Å². The molecule has 2 N–H and O–H groups in total. The number of guanidine groups is 1. The molecule has 0 bridgehead atoms. The van der Waals surface area contributed by atoms with Crippen LogP contribution in [0.25, 0.3) is 0 Å². The van der Waals surface area contributed by atoms with Crippen LogP contribution in [0.4, 0.5) is 4.39 Å². The molecule has 178 valence electrons. The molecule has 1 aromatic carbocycles. The van der Waals surface area contributed by atoms with Crippen molar-refractivity contribution in [2.45, 2.75) is 52.2 Å². The minimum absolute atomic E-state index is 0. The fourth-order valence-electron chi connectivity index (χ4n) is 4.06. The van der Waals surface area contributed by atoms with Gasteiger partial charge in [-0.1, -0.05) is 12.1 Å². The fraction of sp³-hybridized carbons (Fsp3) is 0.696. The van der Waals surface area contributed by atoms with E-state index in [-0.39, 0.29) is 35.8 Å². The third-order valence-corrected chi connectivity index (χ3v) is 5.62. The van der Waals surface area contributed by atoms with E-state index in [0.29, 0.717) is 31.8 Å². The van der Waals surface area contributed by atoms with E-state index in [0.717, 1.165) is 44.1 Å². The summed E-state index contributed by atoms with van der Waals surface area (Å²) in [5.41, 5.74) is 0.976. The maximum atomic E-state index is 13.8. The third kappa shape index (κ3) is 9.59. The molecule has 1 heterocycles. The fourth-order valence-corrected chi connectivity index (χ4v) is 4.06. The Morgan fingerprint density at radius 3 is 2.42 bits per heavy atom. The van der Waals surface area contributed by atoms with Gasteiger partial charge in [0.15, 0.2) is 5.96 Å². The van der Waals surface area contributed by atoms with Gasteiger partial charge in [-0.05, 0) is 51.8 Å². The van der Waals surface area contributed by atoms with Gasteiger partial charge in [0.05, 0.1) is 19.3 Å². The molecular formula is C23H41FIN5O. The van der Waals surface area contributed by atoms with E-state index in [1.165, 1.54) is 6.07 Å². The maximum absolute atomic E-state index is 13.8. The molecule has 1 unspecified atom stereocenters. The molecule has 1 saturated heterocycles. The molecule has 31 heavy (non-hydrogen) atoms. The zero-order valence-electron chi connectivity index (χ0n) is 19.7. The number of benzene rings is 1. The Kier molecular flexibility index (Phi) is 13.6. The number of nitrogens with one attached hydrogen (secondary N) is 2. The van der Waals surface area contributed by atoms with Gasteiger partial charge in [0.25, 0.3) is 0 Å². The Labute approximate surface area is 205 Å². The normalized spacial score (nSPS) is 16.5. The van der Waals surface area contributed by atoms with E-state index in [2.05, 4.69) is 53.1 Å². The van der Waals surface area contributed by atoms with Crippen molar-refractivity contribution in [1.82, 2.24) is 20.4 Å². The minimum Gasteiger partial charge on any atom is -0.379 e. The Morgan fingerprint density at radius 1 is 1.16 bits per heavy atom. The van der Waals surface area contributed by atoms with Gasteiger partial charge in [0.2, 0.25) is 0 Å². The van der Waals surface area contributed by atoms with Crippen molar-refractivity contribution < 1.29 is 9.13 Å². The van der Waals surface area contributed by atoms with Crippen LogP contribution >= 0.6 is 24.0 Å². The lowest BCUT2D eigenvalue weighted by atomic mass is 10.0. The highest BCUT2D eigenvalue weighted by molar-refractivity contribution is 14.0. The molecule has 2 rings (SSSR count). The summed E-state index contributed by atoms with van der Waals surface area (Å²) >= 11 is 0. The number of hydrogen-bond acceptors (Lipinski definition) is 4. The number of nitrogens with zero attached hydrogens (tertiary/aromatic N) is 3. The molecule has 0 aromatic heterocycles. The van der Waals surface area contributed by atoms with Crippen molar-refractivity contribution in [2.24, 2.45) is 4.99 Å². The summed E-state index contributed by atoms with van der Waals surface area (Å²) in [6.45, 7) is 14.6. The van der Waals surface area contributed by atoms with Gasteiger partial charge < -0.3 is 15.4 Å². The summed E-state index contributed by atoms with van der Waals surface area (Å²) in [4.78, 5) is 9.21. The quantitative estimate of drug-likeness (QED) is 0.203.